The van der Waals surface area contributed by atoms with Gasteiger partial charge in [-0.1, -0.05) is 23.7 Å². The number of benzene rings is 1. The molecule has 1 aromatic heterocycles. The highest BCUT2D eigenvalue weighted by molar-refractivity contribution is 6.62. The number of hydrogen-bond donors (Lipinski definition) is 0. The molecule has 1 aliphatic rings. The van der Waals surface area contributed by atoms with Crippen LogP contribution in [0.1, 0.15) is 45.7 Å². The molecule has 0 amide bonds. The smallest absolute Gasteiger partial charge is 0.465 e. The number of nitrogens with zero attached hydrogens (tertiary/aromatic N) is 2. The van der Waals surface area contributed by atoms with Crippen molar-refractivity contribution < 1.29 is 18.8 Å². The Balaban J connectivity index is 1.61. The summed E-state index contributed by atoms with van der Waals surface area (Å²) in [6.45, 7) is 10.4. The van der Waals surface area contributed by atoms with E-state index >= 15 is 0 Å². The van der Waals surface area contributed by atoms with Crippen LogP contribution in [-0.4, -0.2) is 40.7 Å². The molecule has 1 aromatic carbocycles. The zero-order valence-corrected chi connectivity index (χ0v) is 18.5. The summed E-state index contributed by atoms with van der Waals surface area (Å²) < 4.78 is 18.7. The predicted molar refractivity (Wildman–Crippen MR) is 113 cm³/mol. The van der Waals surface area contributed by atoms with Gasteiger partial charge in [-0.3, -0.25) is 9.48 Å². The van der Waals surface area contributed by atoms with Gasteiger partial charge in [0, 0.05) is 11.2 Å². The van der Waals surface area contributed by atoms with E-state index in [-0.39, 0.29) is 23.7 Å². The molecule has 0 spiro atoms. The summed E-state index contributed by atoms with van der Waals surface area (Å²) in [5, 5.41) is 4.91. The average Bonchev–Trinajstić information content (AvgIpc) is 3.15. The summed E-state index contributed by atoms with van der Waals surface area (Å²) in [5.74, 6) is -0.288. The number of carbonyl (C=O) groups excluding carboxylic acids is 1. The number of aromatic nitrogens is 2. The first-order valence-electron chi connectivity index (χ1n) is 9.92. The summed E-state index contributed by atoms with van der Waals surface area (Å²) in [4.78, 5) is 11.5. The lowest BCUT2D eigenvalue weighted by Crippen LogP contribution is -2.41. The average molecular weight is 419 g/mol. The maximum Gasteiger partial charge on any atom is 0.494 e. The van der Waals surface area contributed by atoms with Crippen LogP contribution >= 0.6 is 11.6 Å². The Kier molecular flexibility index (Phi) is 6.41. The van der Waals surface area contributed by atoms with Crippen LogP contribution < -0.4 is 5.46 Å². The second kappa shape index (κ2) is 8.50. The van der Waals surface area contributed by atoms with Gasteiger partial charge in [-0.15, -0.1) is 0 Å². The standard InChI is InChI=1S/C21H28BClN2O4/c1-6-27-19(26)14-25-13-15(12-24-25)7-8-16-9-10-17(11-18(16)23)22-28-20(2,3)21(4,5)29-22/h9-13H,6-8,14H2,1-5H3. The molecular formula is C21H28BClN2O4. The maximum atomic E-state index is 11.5. The second-order valence-electron chi connectivity index (χ2n) is 8.29. The Bertz CT molecular complexity index is 865. The van der Waals surface area contributed by atoms with Crippen molar-refractivity contribution in [1.82, 2.24) is 9.78 Å². The Morgan fingerprint density at radius 1 is 1.21 bits per heavy atom. The van der Waals surface area contributed by atoms with Crippen molar-refractivity contribution in [2.45, 2.75) is 65.2 Å². The molecule has 1 saturated heterocycles. The molecule has 0 N–H and O–H groups in total. The van der Waals surface area contributed by atoms with E-state index in [1.807, 2.05) is 52.1 Å². The fourth-order valence-electron chi connectivity index (χ4n) is 3.13. The van der Waals surface area contributed by atoms with Crippen LogP contribution in [0.2, 0.25) is 5.02 Å². The first-order chi connectivity index (χ1) is 13.6. The fraction of sp³-hybridized carbons (Fsp3) is 0.524. The number of carbonyl (C=O) groups is 1. The molecule has 1 fully saturated rings. The van der Waals surface area contributed by atoms with Crippen LogP contribution in [0, 0.1) is 0 Å². The highest BCUT2D eigenvalue weighted by Crippen LogP contribution is 2.36. The Hall–Kier alpha value is -1.83. The van der Waals surface area contributed by atoms with Gasteiger partial charge >= 0.3 is 13.1 Å². The summed E-state index contributed by atoms with van der Waals surface area (Å²) in [6.07, 6.45) is 5.18. The molecular weight excluding hydrogens is 391 g/mol. The Labute approximate surface area is 177 Å². The van der Waals surface area contributed by atoms with E-state index in [4.69, 9.17) is 25.6 Å². The lowest BCUT2D eigenvalue weighted by Gasteiger charge is -2.32. The molecule has 156 valence electrons. The first kappa shape index (κ1) is 21.9. The molecule has 0 aliphatic carbocycles. The zero-order valence-electron chi connectivity index (χ0n) is 17.7. The van der Waals surface area contributed by atoms with Crippen molar-refractivity contribution in [3.8, 4) is 0 Å². The Morgan fingerprint density at radius 2 is 1.90 bits per heavy atom. The van der Waals surface area contributed by atoms with E-state index < -0.39 is 7.12 Å². The lowest BCUT2D eigenvalue weighted by molar-refractivity contribution is -0.144. The lowest BCUT2D eigenvalue weighted by atomic mass is 9.78. The molecule has 0 bridgehead atoms. The molecule has 29 heavy (non-hydrogen) atoms. The van der Waals surface area contributed by atoms with E-state index in [0.717, 1.165) is 29.4 Å². The molecule has 0 radical (unpaired) electrons. The van der Waals surface area contributed by atoms with E-state index in [0.29, 0.717) is 11.6 Å². The molecule has 6 nitrogen and oxygen atoms in total. The van der Waals surface area contributed by atoms with Crippen molar-refractivity contribution >= 4 is 30.2 Å². The molecule has 1 aliphatic heterocycles. The van der Waals surface area contributed by atoms with Crippen LogP contribution in [0.15, 0.2) is 30.6 Å². The molecule has 0 saturated carbocycles. The minimum absolute atomic E-state index is 0.122. The zero-order chi connectivity index (χ0) is 21.2. The highest BCUT2D eigenvalue weighted by atomic mass is 35.5. The van der Waals surface area contributed by atoms with Gasteiger partial charge in [-0.2, -0.15) is 5.10 Å². The summed E-state index contributed by atoms with van der Waals surface area (Å²) in [7, 11) is -0.423. The van der Waals surface area contributed by atoms with Gasteiger partial charge in [0.1, 0.15) is 6.54 Å². The topological polar surface area (TPSA) is 62.6 Å². The first-order valence-corrected chi connectivity index (χ1v) is 10.3. The van der Waals surface area contributed by atoms with Crippen LogP contribution in [0.3, 0.4) is 0 Å². The van der Waals surface area contributed by atoms with E-state index in [2.05, 4.69) is 5.10 Å². The fourth-order valence-corrected chi connectivity index (χ4v) is 3.42. The molecule has 2 aromatic rings. The molecule has 0 atom stereocenters. The third-order valence-electron chi connectivity index (χ3n) is 5.57. The quantitative estimate of drug-likeness (QED) is 0.510. The van der Waals surface area contributed by atoms with Crippen LogP contribution in [0.4, 0.5) is 0 Å². The highest BCUT2D eigenvalue weighted by Gasteiger charge is 2.51. The minimum Gasteiger partial charge on any atom is -0.465 e. The van der Waals surface area contributed by atoms with Gasteiger partial charge in [-0.25, -0.2) is 0 Å². The SMILES string of the molecule is CCOC(=O)Cn1cc(CCc2ccc(B3OC(C)(C)C(C)(C)O3)cc2Cl)cn1. The summed E-state index contributed by atoms with van der Waals surface area (Å²) in [6, 6.07) is 5.95. The van der Waals surface area contributed by atoms with Crippen molar-refractivity contribution in [3.63, 3.8) is 0 Å². The van der Waals surface area contributed by atoms with Gasteiger partial charge in [0.2, 0.25) is 0 Å². The number of halogens is 1. The van der Waals surface area contributed by atoms with Gasteiger partial charge in [-0.05, 0) is 70.1 Å². The normalized spacial score (nSPS) is 17.5. The van der Waals surface area contributed by atoms with E-state index in [9.17, 15) is 4.79 Å². The second-order valence-corrected chi connectivity index (χ2v) is 8.70. The number of aryl methyl sites for hydroxylation is 2. The predicted octanol–water partition coefficient (Wildman–Crippen LogP) is 3.18. The number of ether oxygens (including phenoxy) is 1. The van der Waals surface area contributed by atoms with Gasteiger partial charge in [0.25, 0.3) is 0 Å². The summed E-state index contributed by atoms with van der Waals surface area (Å²) in [5.41, 5.74) is 2.24. The van der Waals surface area contributed by atoms with Gasteiger partial charge in [0.15, 0.2) is 0 Å². The van der Waals surface area contributed by atoms with Crippen LogP contribution in [0.5, 0.6) is 0 Å². The van der Waals surface area contributed by atoms with Gasteiger partial charge < -0.3 is 14.0 Å². The Morgan fingerprint density at radius 3 is 2.52 bits per heavy atom. The van der Waals surface area contributed by atoms with Crippen molar-refractivity contribution in [2.75, 3.05) is 6.61 Å². The third-order valence-corrected chi connectivity index (χ3v) is 5.92. The van der Waals surface area contributed by atoms with E-state index in [1.54, 1.807) is 17.8 Å². The van der Waals surface area contributed by atoms with Gasteiger partial charge in [0.05, 0.1) is 24.0 Å². The van der Waals surface area contributed by atoms with Crippen LogP contribution in [0.25, 0.3) is 0 Å². The maximum absolute atomic E-state index is 11.5. The largest absolute Gasteiger partial charge is 0.494 e. The molecule has 0 unspecified atom stereocenters. The monoisotopic (exact) mass is 418 g/mol. The molecule has 3 rings (SSSR count). The number of rotatable bonds is 7. The number of hydrogen-bond acceptors (Lipinski definition) is 5. The van der Waals surface area contributed by atoms with Crippen molar-refractivity contribution in [1.29, 1.82) is 0 Å². The molecule has 8 heteroatoms. The third kappa shape index (κ3) is 5.02. The van der Waals surface area contributed by atoms with E-state index in [1.165, 1.54) is 0 Å². The summed E-state index contributed by atoms with van der Waals surface area (Å²) >= 11 is 6.53. The minimum atomic E-state index is -0.423. The molecule has 2 heterocycles. The van der Waals surface area contributed by atoms with Crippen LogP contribution in [-0.2, 0) is 38.2 Å². The van der Waals surface area contributed by atoms with Crippen molar-refractivity contribution in [3.05, 3.63) is 46.7 Å². The number of esters is 1. The van der Waals surface area contributed by atoms with Crippen molar-refractivity contribution in [2.24, 2.45) is 0 Å².